The van der Waals surface area contributed by atoms with Gasteiger partial charge in [0.05, 0.1) is 10.4 Å². The van der Waals surface area contributed by atoms with Crippen molar-refractivity contribution in [1.29, 1.82) is 5.26 Å². The van der Waals surface area contributed by atoms with Crippen LogP contribution in [0.2, 0.25) is 0 Å². The molecule has 0 atom stereocenters. The van der Waals surface area contributed by atoms with Gasteiger partial charge in [-0.3, -0.25) is 9.59 Å². The second-order valence-electron chi connectivity index (χ2n) is 5.35. The number of hydrogen-bond donors (Lipinski definition) is 1. The normalized spacial score (nSPS) is 10.5. The molecule has 126 valence electrons. The fourth-order valence-electron chi connectivity index (χ4n) is 2.47. The minimum Gasteiger partial charge on any atom is -0.338 e. The van der Waals surface area contributed by atoms with Gasteiger partial charge in [0.2, 0.25) is 5.91 Å². The summed E-state index contributed by atoms with van der Waals surface area (Å²) in [7, 11) is 0. The first kappa shape index (κ1) is 19.2. The van der Waals surface area contributed by atoms with E-state index >= 15 is 0 Å². The lowest BCUT2D eigenvalue weighted by atomic mass is 10.0. The Bertz CT molecular complexity index is 608. The van der Waals surface area contributed by atoms with E-state index in [0.717, 1.165) is 12.8 Å². The fraction of sp³-hybridized carbons (Fsp3) is 0.588. The van der Waals surface area contributed by atoms with Crippen LogP contribution < -0.4 is 5.32 Å². The van der Waals surface area contributed by atoms with Crippen LogP contribution in [0.4, 0.5) is 5.00 Å². The first-order valence-electron chi connectivity index (χ1n) is 8.08. The summed E-state index contributed by atoms with van der Waals surface area (Å²) in [4.78, 5) is 27.1. The number of nitrogens with zero attached hydrogens (tertiary/aromatic N) is 2. The Labute approximate surface area is 142 Å². The molecule has 0 unspecified atom stereocenters. The molecule has 6 heteroatoms. The second kappa shape index (κ2) is 8.68. The highest BCUT2D eigenvalue weighted by molar-refractivity contribution is 7.18. The Hall–Kier alpha value is -1.87. The van der Waals surface area contributed by atoms with Gasteiger partial charge in [0.1, 0.15) is 11.1 Å². The van der Waals surface area contributed by atoms with Crippen LogP contribution in [0, 0.1) is 24.2 Å². The van der Waals surface area contributed by atoms with Gasteiger partial charge >= 0.3 is 0 Å². The molecule has 0 aromatic carbocycles. The quantitative estimate of drug-likeness (QED) is 0.824. The van der Waals surface area contributed by atoms with Crippen molar-refractivity contribution in [3.05, 3.63) is 16.0 Å². The van der Waals surface area contributed by atoms with Crippen molar-refractivity contribution in [3.63, 3.8) is 0 Å². The third-order valence-corrected chi connectivity index (χ3v) is 5.29. The summed E-state index contributed by atoms with van der Waals surface area (Å²) in [6, 6.07) is 2.12. The number of amides is 2. The molecule has 0 saturated heterocycles. The van der Waals surface area contributed by atoms with Gasteiger partial charge in [0, 0.05) is 19.0 Å². The molecule has 2 amide bonds. The van der Waals surface area contributed by atoms with Crippen LogP contribution in [-0.2, 0) is 4.79 Å². The van der Waals surface area contributed by atoms with Crippen molar-refractivity contribution < 1.29 is 9.59 Å². The lowest BCUT2D eigenvalue weighted by Gasteiger charge is -2.17. The van der Waals surface area contributed by atoms with Crippen molar-refractivity contribution in [2.75, 3.05) is 18.4 Å². The van der Waals surface area contributed by atoms with E-state index in [0.29, 0.717) is 34.1 Å². The SMILES string of the molecule is CCC(CC)C(=O)Nc1sc(C(=O)N(CC)CC)c(C)c1C#N. The summed E-state index contributed by atoms with van der Waals surface area (Å²) in [5, 5.41) is 12.7. The molecule has 0 fully saturated rings. The third kappa shape index (κ3) is 4.11. The van der Waals surface area contributed by atoms with E-state index in [1.807, 2.05) is 27.7 Å². The van der Waals surface area contributed by atoms with Gasteiger partial charge in [-0.25, -0.2) is 0 Å². The summed E-state index contributed by atoms with van der Waals surface area (Å²) < 4.78 is 0. The van der Waals surface area contributed by atoms with Gasteiger partial charge in [0.25, 0.3) is 5.91 Å². The molecular formula is C17H25N3O2S. The number of carbonyl (C=O) groups is 2. The summed E-state index contributed by atoms with van der Waals surface area (Å²) in [5.74, 6) is -0.252. The molecule has 1 rings (SSSR count). The molecule has 23 heavy (non-hydrogen) atoms. The first-order valence-corrected chi connectivity index (χ1v) is 8.90. The fourth-order valence-corrected chi connectivity index (χ4v) is 3.60. The highest BCUT2D eigenvalue weighted by atomic mass is 32.1. The van der Waals surface area contributed by atoms with E-state index in [2.05, 4.69) is 11.4 Å². The maximum Gasteiger partial charge on any atom is 0.264 e. The van der Waals surface area contributed by atoms with Crippen molar-refractivity contribution in [1.82, 2.24) is 4.90 Å². The van der Waals surface area contributed by atoms with Crippen molar-refractivity contribution >= 4 is 28.2 Å². The van der Waals surface area contributed by atoms with Crippen LogP contribution in [-0.4, -0.2) is 29.8 Å². The number of thiophene rings is 1. The zero-order valence-electron chi connectivity index (χ0n) is 14.5. The summed E-state index contributed by atoms with van der Waals surface area (Å²) in [6.45, 7) is 10.8. The molecule has 0 aliphatic carbocycles. The predicted molar refractivity (Wildman–Crippen MR) is 93.7 cm³/mol. The highest BCUT2D eigenvalue weighted by Crippen LogP contribution is 2.34. The average molecular weight is 335 g/mol. The molecule has 1 N–H and O–H groups in total. The maximum atomic E-state index is 12.6. The Balaban J connectivity index is 3.17. The maximum absolute atomic E-state index is 12.6. The van der Waals surface area contributed by atoms with Crippen molar-refractivity contribution in [2.45, 2.75) is 47.5 Å². The molecule has 0 aliphatic heterocycles. The summed E-state index contributed by atoms with van der Waals surface area (Å²) in [5.41, 5.74) is 1.04. The smallest absolute Gasteiger partial charge is 0.264 e. The Morgan fingerprint density at radius 1 is 1.22 bits per heavy atom. The van der Waals surface area contributed by atoms with Crippen LogP contribution >= 0.6 is 11.3 Å². The van der Waals surface area contributed by atoms with Gasteiger partial charge in [-0.1, -0.05) is 13.8 Å². The number of carbonyl (C=O) groups excluding carboxylic acids is 2. The zero-order chi connectivity index (χ0) is 17.6. The minimum atomic E-state index is -0.0883. The van der Waals surface area contributed by atoms with Crippen LogP contribution in [0.3, 0.4) is 0 Å². The third-order valence-electron chi connectivity index (χ3n) is 4.10. The molecule has 0 bridgehead atoms. The summed E-state index contributed by atoms with van der Waals surface area (Å²) in [6.07, 6.45) is 1.50. The van der Waals surface area contributed by atoms with Crippen LogP contribution in [0.1, 0.15) is 61.3 Å². The molecule has 0 aliphatic rings. The number of nitriles is 1. The highest BCUT2D eigenvalue weighted by Gasteiger charge is 2.25. The van der Waals surface area contributed by atoms with Gasteiger partial charge in [-0.2, -0.15) is 5.26 Å². The molecule has 1 heterocycles. The number of rotatable bonds is 7. The van der Waals surface area contributed by atoms with E-state index in [1.54, 1.807) is 11.8 Å². The Morgan fingerprint density at radius 3 is 2.22 bits per heavy atom. The summed E-state index contributed by atoms with van der Waals surface area (Å²) >= 11 is 1.20. The molecule has 5 nitrogen and oxygen atoms in total. The van der Waals surface area contributed by atoms with Gasteiger partial charge in [0.15, 0.2) is 0 Å². The van der Waals surface area contributed by atoms with Gasteiger partial charge < -0.3 is 10.2 Å². The van der Waals surface area contributed by atoms with Gasteiger partial charge in [-0.15, -0.1) is 11.3 Å². The molecule has 0 saturated carbocycles. The molecule has 0 spiro atoms. The van der Waals surface area contributed by atoms with Gasteiger partial charge in [-0.05, 0) is 39.2 Å². The zero-order valence-corrected chi connectivity index (χ0v) is 15.3. The lowest BCUT2D eigenvalue weighted by molar-refractivity contribution is -0.120. The second-order valence-corrected chi connectivity index (χ2v) is 6.37. The van der Waals surface area contributed by atoms with E-state index in [4.69, 9.17) is 0 Å². The van der Waals surface area contributed by atoms with Crippen molar-refractivity contribution in [3.8, 4) is 6.07 Å². The molecule has 0 radical (unpaired) electrons. The van der Waals surface area contributed by atoms with E-state index in [9.17, 15) is 14.9 Å². The average Bonchev–Trinajstić information content (AvgIpc) is 2.85. The number of hydrogen-bond acceptors (Lipinski definition) is 4. The topological polar surface area (TPSA) is 73.2 Å². The molecular weight excluding hydrogens is 310 g/mol. The van der Waals surface area contributed by atoms with Crippen LogP contribution in [0.5, 0.6) is 0 Å². The molecule has 1 aromatic heterocycles. The lowest BCUT2D eigenvalue weighted by Crippen LogP contribution is -2.30. The van der Waals surface area contributed by atoms with Crippen molar-refractivity contribution in [2.24, 2.45) is 5.92 Å². The standard InChI is InChI=1S/C17H25N3O2S/c1-6-12(7-2)15(21)19-16-13(10-18)11(5)14(23-16)17(22)20(8-3)9-4/h12H,6-9H2,1-5H3,(H,19,21). The largest absolute Gasteiger partial charge is 0.338 e. The first-order chi connectivity index (χ1) is 10.9. The Kier molecular flexibility index (Phi) is 7.24. The monoisotopic (exact) mass is 335 g/mol. The van der Waals surface area contributed by atoms with Crippen LogP contribution in [0.25, 0.3) is 0 Å². The molecule has 1 aromatic rings. The van der Waals surface area contributed by atoms with E-state index < -0.39 is 0 Å². The van der Waals surface area contributed by atoms with E-state index in [1.165, 1.54) is 11.3 Å². The van der Waals surface area contributed by atoms with E-state index in [-0.39, 0.29) is 17.7 Å². The minimum absolute atomic E-state index is 0.0779. The van der Waals surface area contributed by atoms with Crippen LogP contribution in [0.15, 0.2) is 0 Å². The number of nitrogens with one attached hydrogen (secondary N) is 1. The predicted octanol–water partition coefficient (Wildman–Crippen LogP) is 3.78. The number of anilines is 1. The Morgan fingerprint density at radius 2 is 1.78 bits per heavy atom.